The van der Waals surface area contributed by atoms with Crippen molar-refractivity contribution in [3.63, 3.8) is 0 Å². The van der Waals surface area contributed by atoms with Crippen molar-refractivity contribution in [2.45, 2.75) is 37.2 Å². The van der Waals surface area contributed by atoms with Gasteiger partial charge in [0, 0.05) is 0 Å². The molecule has 0 aliphatic heterocycles. The van der Waals surface area contributed by atoms with Crippen molar-refractivity contribution in [1.82, 2.24) is 0 Å². The van der Waals surface area contributed by atoms with Crippen molar-refractivity contribution in [2.24, 2.45) is 11.7 Å². The highest BCUT2D eigenvalue weighted by atomic mass is 32.2. The van der Waals surface area contributed by atoms with Crippen molar-refractivity contribution in [3.8, 4) is 0 Å². The van der Waals surface area contributed by atoms with Gasteiger partial charge in [-0.2, -0.15) is 16.8 Å². The minimum Gasteiger partial charge on any atom is -0.388 e. The Bertz CT molecular complexity index is 720. The van der Waals surface area contributed by atoms with Crippen LogP contribution < -0.4 is 5.73 Å². The standard InChI is InChI=1S/C11H17NO7S2/c1-5-2-3-6-7(20(14,15)16)4-8(21(17,18)19)10(12)9(6)11(5)13/h4-5,8,10-11,13H,2-3,12H2,1H3,(H,14,15,16)(H,17,18,19). The van der Waals surface area contributed by atoms with Crippen LogP contribution in [-0.4, -0.2) is 48.4 Å². The zero-order valence-electron chi connectivity index (χ0n) is 11.2. The molecule has 21 heavy (non-hydrogen) atoms. The molecule has 5 N–H and O–H groups in total. The zero-order chi connectivity index (χ0) is 16.2. The molecule has 0 aromatic heterocycles. The van der Waals surface area contributed by atoms with Crippen molar-refractivity contribution in [3.05, 3.63) is 22.1 Å². The van der Waals surface area contributed by atoms with Gasteiger partial charge in [-0.15, -0.1) is 0 Å². The predicted octanol–water partition coefficient (Wildman–Crippen LogP) is -0.557. The van der Waals surface area contributed by atoms with Crippen LogP contribution in [0.4, 0.5) is 0 Å². The second-order valence-corrected chi connectivity index (χ2v) is 8.37. The van der Waals surface area contributed by atoms with Gasteiger partial charge in [-0.25, -0.2) is 0 Å². The fourth-order valence-corrected chi connectivity index (χ4v) is 4.63. The van der Waals surface area contributed by atoms with Gasteiger partial charge in [-0.3, -0.25) is 9.11 Å². The number of nitrogens with two attached hydrogens (primary N) is 1. The Hall–Kier alpha value is -0.780. The number of hydrogen-bond donors (Lipinski definition) is 4. The largest absolute Gasteiger partial charge is 0.388 e. The molecule has 0 amide bonds. The maximum atomic E-state index is 11.5. The molecule has 0 bridgehead atoms. The van der Waals surface area contributed by atoms with Gasteiger partial charge >= 0.3 is 0 Å². The number of aliphatic hydroxyl groups excluding tert-OH is 1. The van der Waals surface area contributed by atoms with Gasteiger partial charge in [0.1, 0.15) is 5.25 Å². The van der Waals surface area contributed by atoms with E-state index in [0.717, 1.165) is 6.08 Å². The van der Waals surface area contributed by atoms with Crippen LogP contribution in [0.2, 0.25) is 0 Å². The fourth-order valence-electron chi connectivity index (χ4n) is 2.87. The molecule has 4 unspecified atom stereocenters. The van der Waals surface area contributed by atoms with E-state index < -0.39 is 42.5 Å². The number of aliphatic hydroxyl groups is 1. The second-order valence-electron chi connectivity index (χ2n) is 5.41. The average Bonchev–Trinajstić information content (AvgIpc) is 2.30. The van der Waals surface area contributed by atoms with Crippen molar-refractivity contribution < 1.29 is 31.0 Å². The molecule has 0 aromatic carbocycles. The predicted molar refractivity (Wildman–Crippen MR) is 74.4 cm³/mol. The SMILES string of the molecule is CC1CCC2=C(C(N)C(S(=O)(=O)O)C=C2S(=O)(=O)O)C1O. The summed E-state index contributed by atoms with van der Waals surface area (Å²) < 4.78 is 64.2. The Morgan fingerprint density at radius 3 is 2.29 bits per heavy atom. The third-order valence-electron chi connectivity index (χ3n) is 4.00. The number of hydrogen-bond acceptors (Lipinski definition) is 6. The molecule has 0 radical (unpaired) electrons. The lowest BCUT2D eigenvalue weighted by molar-refractivity contribution is 0.129. The van der Waals surface area contributed by atoms with Crippen molar-refractivity contribution >= 4 is 20.2 Å². The lowest BCUT2D eigenvalue weighted by Crippen LogP contribution is -2.49. The minimum atomic E-state index is -4.69. The third-order valence-corrected chi connectivity index (χ3v) is 6.06. The highest BCUT2D eigenvalue weighted by molar-refractivity contribution is 7.90. The summed E-state index contributed by atoms with van der Waals surface area (Å²) in [5, 5.41) is 8.46. The molecule has 8 nitrogen and oxygen atoms in total. The minimum absolute atomic E-state index is 0.0477. The van der Waals surface area contributed by atoms with Crippen LogP contribution in [0.3, 0.4) is 0 Å². The van der Waals surface area contributed by atoms with Crippen molar-refractivity contribution in [1.29, 1.82) is 0 Å². The quantitative estimate of drug-likeness (QED) is 0.488. The topological polar surface area (TPSA) is 155 Å². The third kappa shape index (κ3) is 2.91. The molecule has 120 valence electrons. The first-order valence-corrected chi connectivity index (χ1v) is 9.21. The summed E-state index contributed by atoms with van der Waals surface area (Å²) in [4.78, 5) is -0.604. The maximum Gasteiger partial charge on any atom is 0.294 e. The van der Waals surface area contributed by atoms with Gasteiger partial charge < -0.3 is 10.8 Å². The molecule has 0 fully saturated rings. The highest BCUT2D eigenvalue weighted by Crippen LogP contribution is 2.41. The molecule has 2 aliphatic carbocycles. The molecule has 2 rings (SSSR count). The van der Waals surface area contributed by atoms with Crippen LogP contribution >= 0.6 is 0 Å². The van der Waals surface area contributed by atoms with Crippen LogP contribution in [-0.2, 0) is 20.2 Å². The van der Waals surface area contributed by atoms with E-state index in [2.05, 4.69) is 0 Å². The maximum absolute atomic E-state index is 11.5. The Kier molecular flexibility index (Phi) is 4.06. The lowest BCUT2D eigenvalue weighted by atomic mass is 9.76. The summed E-state index contributed by atoms with van der Waals surface area (Å²) in [7, 11) is -9.37. The molecule has 4 atom stereocenters. The van der Waals surface area contributed by atoms with Gasteiger partial charge in [-0.05, 0) is 36.0 Å². The molecular weight excluding hydrogens is 322 g/mol. The first-order valence-electron chi connectivity index (χ1n) is 6.27. The van der Waals surface area contributed by atoms with E-state index in [1.54, 1.807) is 6.92 Å². The Labute approximate surface area is 122 Å². The van der Waals surface area contributed by atoms with Crippen LogP contribution in [0.25, 0.3) is 0 Å². The molecule has 10 heteroatoms. The van der Waals surface area contributed by atoms with Gasteiger partial charge in [-0.1, -0.05) is 6.92 Å². The molecular formula is C11H17NO7S2. The summed E-state index contributed by atoms with van der Waals surface area (Å²) in [6.45, 7) is 1.72. The van der Waals surface area contributed by atoms with E-state index in [1.807, 2.05) is 0 Å². The summed E-state index contributed by atoms with van der Waals surface area (Å²) in [6, 6.07) is -1.27. The fraction of sp³-hybridized carbons (Fsp3) is 0.636. The summed E-state index contributed by atoms with van der Waals surface area (Å²) in [5.74, 6) is -0.238. The normalized spacial score (nSPS) is 34.4. The summed E-state index contributed by atoms with van der Waals surface area (Å²) >= 11 is 0. The Morgan fingerprint density at radius 2 is 1.81 bits per heavy atom. The number of allylic oxidation sites excluding steroid dienone is 1. The van der Waals surface area contributed by atoms with Crippen LogP contribution in [0.1, 0.15) is 19.8 Å². The average molecular weight is 339 g/mol. The molecule has 2 aliphatic rings. The van der Waals surface area contributed by atoms with E-state index in [9.17, 15) is 31.0 Å². The van der Waals surface area contributed by atoms with E-state index in [-0.39, 0.29) is 23.5 Å². The Balaban J connectivity index is 2.70. The van der Waals surface area contributed by atoms with Crippen LogP contribution in [0, 0.1) is 5.92 Å². The van der Waals surface area contributed by atoms with Crippen LogP contribution in [0.5, 0.6) is 0 Å². The monoisotopic (exact) mass is 339 g/mol. The van der Waals surface area contributed by atoms with E-state index in [0.29, 0.717) is 6.42 Å². The molecule has 0 saturated carbocycles. The Morgan fingerprint density at radius 1 is 1.24 bits per heavy atom. The highest BCUT2D eigenvalue weighted by Gasteiger charge is 2.44. The van der Waals surface area contributed by atoms with E-state index in [4.69, 9.17) is 5.73 Å². The smallest absolute Gasteiger partial charge is 0.294 e. The van der Waals surface area contributed by atoms with Gasteiger partial charge in [0.25, 0.3) is 20.2 Å². The lowest BCUT2D eigenvalue weighted by Gasteiger charge is -2.38. The second kappa shape index (κ2) is 5.14. The van der Waals surface area contributed by atoms with Crippen molar-refractivity contribution in [2.75, 3.05) is 0 Å². The summed E-state index contributed by atoms with van der Waals surface area (Å²) in [6.07, 6.45) is 0.316. The van der Waals surface area contributed by atoms with Gasteiger partial charge in [0.15, 0.2) is 0 Å². The van der Waals surface area contributed by atoms with Gasteiger partial charge in [0.2, 0.25) is 0 Å². The van der Waals surface area contributed by atoms with Crippen LogP contribution in [0.15, 0.2) is 22.1 Å². The van der Waals surface area contributed by atoms with Gasteiger partial charge in [0.05, 0.1) is 17.1 Å². The molecule has 0 saturated heterocycles. The zero-order valence-corrected chi connectivity index (χ0v) is 12.8. The van der Waals surface area contributed by atoms with E-state index >= 15 is 0 Å². The first kappa shape index (κ1) is 16.6. The molecule has 0 spiro atoms. The summed E-state index contributed by atoms with van der Waals surface area (Å²) in [5.41, 5.74) is 5.98. The van der Waals surface area contributed by atoms with E-state index in [1.165, 1.54) is 0 Å². The molecule has 0 heterocycles. The number of rotatable bonds is 2. The molecule has 0 aromatic rings. The first-order chi connectivity index (χ1) is 9.44.